The largest absolute Gasteiger partial charge is 0.453 e. The number of aromatic nitrogens is 4. The number of hydrogen-bond donors (Lipinski definition) is 4. The van der Waals surface area contributed by atoms with Crippen molar-refractivity contribution in [3.8, 4) is 11.1 Å². The molecule has 4 heterocycles. The van der Waals surface area contributed by atoms with E-state index in [-0.39, 0.29) is 29.0 Å². The zero-order valence-electron chi connectivity index (χ0n) is 36.7. The second kappa shape index (κ2) is 17.2. The van der Waals surface area contributed by atoms with Crippen LogP contribution < -0.4 is 10.6 Å². The Bertz CT molecular complexity index is 2930. The first-order valence-corrected chi connectivity index (χ1v) is 22.9. The van der Waals surface area contributed by atoms with Gasteiger partial charge in [-0.1, -0.05) is 80.6 Å². The lowest BCUT2D eigenvalue weighted by Crippen LogP contribution is -2.51. The summed E-state index contributed by atoms with van der Waals surface area (Å²) in [6.45, 7) is 6.95. The number of likely N-dealkylation sites (tertiary alicyclic amines) is 2. The van der Waals surface area contributed by atoms with Crippen molar-refractivity contribution in [3.05, 3.63) is 108 Å². The summed E-state index contributed by atoms with van der Waals surface area (Å²) >= 11 is 1.72. The van der Waals surface area contributed by atoms with Crippen LogP contribution in [-0.2, 0) is 24.6 Å². The van der Waals surface area contributed by atoms with Gasteiger partial charge in [0.2, 0.25) is 5.91 Å². The minimum atomic E-state index is -0.933. The van der Waals surface area contributed by atoms with Gasteiger partial charge in [-0.15, -0.1) is 0 Å². The quantitative estimate of drug-likeness (QED) is 0.105. The Morgan fingerprint density at radius 1 is 0.797 bits per heavy atom. The Morgan fingerprint density at radius 2 is 1.42 bits per heavy atom. The number of nitrogens with one attached hydrogen (secondary N) is 4. The maximum Gasteiger partial charge on any atom is 0.407 e. The molecule has 2 aromatic heterocycles. The van der Waals surface area contributed by atoms with Crippen molar-refractivity contribution in [3.63, 3.8) is 0 Å². The molecule has 0 saturated carbocycles. The number of methoxy groups -OCH3 is 2. The van der Waals surface area contributed by atoms with Crippen molar-refractivity contribution in [2.24, 2.45) is 5.92 Å². The molecule has 2 aliphatic rings. The molecule has 5 aromatic carbocycles. The topological polar surface area (TPSA) is 175 Å². The van der Waals surface area contributed by atoms with Gasteiger partial charge in [0.1, 0.15) is 23.7 Å². The monoisotopic (exact) mass is 880 g/mol. The van der Waals surface area contributed by atoms with Crippen LogP contribution in [0.25, 0.3) is 54.7 Å². The van der Waals surface area contributed by atoms with Crippen molar-refractivity contribution in [2.75, 3.05) is 33.6 Å². The van der Waals surface area contributed by atoms with Gasteiger partial charge in [0.25, 0.3) is 5.91 Å². The average molecular weight is 881 g/mol. The van der Waals surface area contributed by atoms with Crippen LogP contribution in [-0.4, -0.2) is 98.6 Å². The summed E-state index contributed by atoms with van der Waals surface area (Å²) in [4.78, 5) is 74.0. The smallest absolute Gasteiger partial charge is 0.407 e. The molecule has 64 heavy (non-hydrogen) atoms. The van der Waals surface area contributed by atoms with Crippen LogP contribution in [0.2, 0.25) is 0 Å². The third-order valence-corrected chi connectivity index (χ3v) is 14.1. The molecule has 0 spiro atoms. The van der Waals surface area contributed by atoms with Crippen LogP contribution in [0.5, 0.6) is 0 Å². The van der Waals surface area contributed by atoms with Crippen LogP contribution in [0.4, 0.5) is 9.59 Å². The molecular formula is C49H52N8O6S. The zero-order chi connectivity index (χ0) is 44.9. The fourth-order valence-corrected chi connectivity index (χ4v) is 10.4. The molecule has 5 atom stereocenters. The molecular weight excluding hydrogens is 829 g/mol. The molecule has 2 aliphatic heterocycles. The first-order chi connectivity index (χ1) is 30.9. The molecule has 2 fully saturated rings. The van der Waals surface area contributed by atoms with Gasteiger partial charge < -0.3 is 39.9 Å². The van der Waals surface area contributed by atoms with Gasteiger partial charge >= 0.3 is 12.2 Å². The number of fused-ring (bicyclic) bond motifs is 6. The van der Waals surface area contributed by atoms with Gasteiger partial charge in [-0.2, -0.15) is 11.8 Å². The number of aromatic amines is 2. The molecule has 0 bridgehead atoms. The number of benzene rings is 5. The van der Waals surface area contributed by atoms with Crippen molar-refractivity contribution in [2.45, 2.75) is 68.9 Å². The molecule has 2 saturated heterocycles. The second-order valence-electron chi connectivity index (χ2n) is 17.3. The highest BCUT2D eigenvalue weighted by Crippen LogP contribution is 2.44. The van der Waals surface area contributed by atoms with E-state index in [1.807, 2.05) is 66.1 Å². The summed E-state index contributed by atoms with van der Waals surface area (Å²) in [7, 11) is 2.59. The van der Waals surface area contributed by atoms with Gasteiger partial charge in [-0.3, -0.25) is 9.59 Å². The summed E-state index contributed by atoms with van der Waals surface area (Å²) in [6.07, 6.45) is 3.04. The van der Waals surface area contributed by atoms with Crippen molar-refractivity contribution >= 4 is 79.4 Å². The third-order valence-electron chi connectivity index (χ3n) is 13.1. The molecule has 330 valence electrons. The summed E-state index contributed by atoms with van der Waals surface area (Å²) in [6, 6.07) is 28.5. The maximum absolute atomic E-state index is 14.5. The van der Waals surface area contributed by atoms with Gasteiger partial charge in [0.15, 0.2) is 0 Å². The van der Waals surface area contributed by atoms with E-state index in [0.29, 0.717) is 30.9 Å². The lowest BCUT2D eigenvalue weighted by molar-refractivity contribution is -0.138. The fraction of sp³-hybridized carbons (Fsp3) is 0.347. The van der Waals surface area contributed by atoms with Crippen molar-refractivity contribution in [1.29, 1.82) is 0 Å². The Morgan fingerprint density at radius 3 is 2.05 bits per heavy atom. The van der Waals surface area contributed by atoms with E-state index in [9.17, 15) is 19.2 Å². The molecule has 15 heteroatoms. The molecule has 0 unspecified atom stereocenters. The minimum absolute atomic E-state index is 0.120. The van der Waals surface area contributed by atoms with Gasteiger partial charge in [-0.05, 0) is 90.1 Å². The fourth-order valence-electron chi connectivity index (χ4n) is 9.59. The van der Waals surface area contributed by atoms with E-state index in [1.165, 1.54) is 14.2 Å². The minimum Gasteiger partial charge on any atom is -0.453 e. The third kappa shape index (κ3) is 7.65. The number of rotatable bonds is 10. The van der Waals surface area contributed by atoms with E-state index in [1.54, 1.807) is 11.8 Å². The van der Waals surface area contributed by atoms with E-state index in [0.717, 1.165) is 73.4 Å². The number of alkyl carbamates (subject to hydrolysis) is 2. The standard InChI is InChI=1S/C49H52N8O6S/c1-27(2)39(54-47(60)62-4)44(58)56-22-10-13-38(56)43-50-36-20-16-31-23-29(14-18-34(31)41(36)52-43)30-15-19-35-32(24-30)17-21-37-42(35)53-46(51-37)49(3)25-33(64-6)26-57(49)45(59)40(55-48(61)63-5)28-11-8-7-9-12-28/h7-9,11-12,14-21,23-24,27,33,38-40H,10,13,22,25-26H2,1-6H3,(H,50,52)(H,51,53)(H,54,60)(H,55,61)/t33-,38-,39-,40+,49-/m0/s1. The predicted molar refractivity (Wildman–Crippen MR) is 250 cm³/mol. The Hall–Kier alpha value is -6.61. The average Bonchev–Trinajstić information content (AvgIpc) is 4.14. The van der Waals surface area contributed by atoms with Gasteiger partial charge in [0.05, 0.1) is 47.9 Å². The molecule has 4 N–H and O–H groups in total. The van der Waals surface area contributed by atoms with Gasteiger partial charge in [0, 0.05) is 29.1 Å². The number of carbonyl (C=O) groups is 4. The van der Waals surface area contributed by atoms with E-state index < -0.39 is 29.8 Å². The molecule has 0 radical (unpaired) electrons. The lowest BCUT2D eigenvalue weighted by atomic mass is 9.96. The van der Waals surface area contributed by atoms with Crippen LogP contribution in [0.1, 0.15) is 69.3 Å². The number of ether oxygens (including phenoxy) is 2. The van der Waals surface area contributed by atoms with Crippen LogP contribution in [0.3, 0.4) is 0 Å². The van der Waals surface area contributed by atoms with E-state index >= 15 is 0 Å². The Labute approximate surface area is 374 Å². The number of hydrogen-bond acceptors (Lipinski definition) is 9. The van der Waals surface area contributed by atoms with E-state index in [2.05, 4.69) is 82.3 Å². The molecule has 0 aliphatic carbocycles. The number of imidazole rings is 2. The number of carbonyl (C=O) groups excluding carboxylic acids is 4. The maximum atomic E-state index is 14.5. The van der Waals surface area contributed by atoms with Crippen molar-refractivity contribution in [1.82, 2.24) is 40.4 Å². The van der Waals surface area contributed by atoms with E-state index in [4.69, 9.17) is 19.4 Å². The molecule has 14 nitrogen and oxygen atoms in total. The first-order valence-electron chi connectivity index (χ1n) is 21.6. The number of amides is 4. The molecule has 7 aromatic rings. The highest BCUT2D eigenvalue weighted by Gasteiger charge is 2.49. The van der Waals surface area contributed by atoms with Crippen LogP contribution in [0.15, 0.2) is 91.0 Å². The van der Waals surface area contributed by atoms with Gasteiger partial charge in [-0.25, -0.2) is 19.6 Å². The number of H-pyrrole nitrogens is 2. The second-order valence-corrected chi connectivity index (χ2v) is 18.5. The SMILES string of the molecule is COC(=O)N[C@H](C(=O)N1CCC[C@H]1c1nc2c(ccc3cc(-c4ccc5c(ccc6[nH]c([C@]7(C)C[C@H](SC)CN7C(=O)[C@H](NC(=O)OC)c7ccccc7)nc65)c4)ccc32)[nH]1)C(C)C. The highest BCUT2D eigenvalue weighted by molar-refractivity contribution is 7.99. The number of thioether (sulfide) groups is 1. The van der Waals surface area contributed by atoms with Crippen LogP contribution >= 0.6 is 11.8 Å². The Balaban J connectivity index is 1.000. The first kappa shape index (κ1) is 42.7. The molecule has 9 rings (SSSR count). The van der Waals surface area contributed by atoms with Crippen molar-refractivity contribution < 1.29 is 28.7 Å². The zero-order valence-corrected chi connectivity index (χ0v) is 37.5. The highest BCUT2D eigenvalue weighted by atomic mass is 32.2. The lowest BCUT2D eigenvalue weighted by Gasteiger charge is -2.36. The summed E-state index contributed by atoms with van der Waals surface area (Å²) in [5.41, 5.74) is 5.44. The molecule has 4 amide bonds. The predicted octanol–water partition coefficient (Wildman–Crippen LogP) is 8.73. The Kier molecular flexibility index (Phi) is 11.4. The van der Waals surface area contributed by atoms with Crippen LogP contribution in [0, 0.1) is 5.92 Å². The summed E-state index contributed by atoms with van der Waals surface area (Å²) in [5.74, 6) is 0.937. The number of nitrogens with zero attached hydrogens (tertiary/aromatic N) is 4. The normalized spacial score (nSPS) is 19.7. The summed E-state index contributed by atoms with van der Waals surface area (Å²) < 4.78 is 9.73. The summed E-state index contributed by atoms with van der Waals surface area (Å²) in [5, 5.41) is 9.74.